The van der Waals surface area contributed by atoms with E-state index in [4.69, 9.17) is 5.11 Å². The quantitative estimate of drug-likeness (QED) is 0.587. The van der Waals surface area contributed by atoms with Crippen molar-refractivity contribution in [3.63, 3.8) is 0 Å². The van der Waals surface area contributed by atoms with Crippen LogP contribution in [0.2, 0.25) is 0 Å². The third kappa shape index (κ3) is 3.31. The first-order valence-electron chi connectivity index (χ1n) is 4.34. The van der Waals surface area contributed by atoms with E-state index >= 15 is 0 Å². The van der Waals surface area contributed by atoms with E-state index in [1.807, 2.05) is 0 Å². The number of aliphatic carboxylic acids is 1. The SMILES string of the molecule is CC1CC(NC(=O)NCC(=O)O)C1. The molecule has 5 heteroatoms. The lowest BCUT2D eigenvalue weighted by atomic mass is 9.82. The Morgan fingerprint density at radius 1 is 1.46 bits per heavy atom. The minimum absolute atomic E-state index is 0.226. The minimum Gasteiger partial charge on any atom is -0.480 e. The summed E-state index contributed by atoms with van der Waals surface area (Å²) in [7, 11) is 0. The highest BCUT2D eigenvalue weighted by Gasteiger charge is 2.26. The first-order chi connectivity index (χ1) is 6.08. The minimum atomic E-state index is -1.03. The second kappa shape index (κ2) is 4.11. The van der Waals surface area contributed by atoms with E-state index in [9.17, 15) is 9.59 Å². The molecule has 13 heavy (non-hydrogen) atoms. The fourth-order valence-corrected chi connectivity index (χ4v) is 1.41. The summed E-state index contributed by atoms with van der Waals surface area (Å²) in [6.45, 7) is 1.79. The van der Waals surface area contributed by atoms with Gasteiger partial charge >= 0.3 is 12.0 Å². The number of hydrogen-bond acceptors (Lipinski definition) is 2. The van der Waals surface area contributed by atoms with E-state index in [0.29, 0.717) is 5.92 Å². The fraction of sp³-hybridized carbons (Fsp3) is 0.750. The van der Waals surface area contributed by atoms with Gasteiger partial charge in [-0.1, -0.05) is 6.92 Å². The second-order valence-corrected chi connectivity index (χ2v) is 3.49. The highest BCUT2D eigenvalue weighted by molar-refractivity contribution is 5.80. The summed E-state index contributed by atoms with van der Waals surface area (Å²) in [4.78, 5) is 21.1. The number of carbonyl (C=O) groups excluding carboxylic acids is 1. The molecule has 1 rings (SSSR count). The molecule has 1 aliphatic rings. The van der Waals surface area contributed by atoms with Crippen LogP contribution in [0, 0.1) is 5.92 Å². The fourth-order valence-electron chi connectivity index (χ4n) is 1.41. The Labute approximate surface area is 76.5 Å². The van der Waals surface area contributed by atoms with Gasteiger partial charge in [-0.15, -0.1) is 0 Å². The molecule has 0 aliphatic heterocycles. The topological polar surface area (TPSA) is 78.4 Å². The van der Waals surface area contributed by atoms with Crippen molar-refractivity contribution in [3.8, 4) is 0 Å². The molecule has 0 heterocycles. The van der Waals surface area contributed by atoms with Crippen molar-refractivity contribution in [2.75, 3.05) is 6.54 Å². The Morgan fingerprint density at radius 3 is 2.54 bits per heavy atom. The summed E-state index contributed by atoms with van der Waals surface area (Å²) in [5.74, 6) is -0.359. The molecule has 74 valence electrons. The first-order valence-corrected chi connectivity index (χ1v) is 4.34. The van der Waals surface area contributed by atoms with Gasteiger partial charge in [-0.05, 0) is 18.8 Å². The summed E-state index contributed by atoms with van der Waals surface area (Å²) in [5, 5.41) is 13.2. The Balaban J connectivity index is 2.08. The maximum absolute atomic E-state index is 11.0. The van der Waals surface area contributed by atoms with Crippen molar-refractivity contribution >= 4 is 12.0 Å². The van der Waals surface area contributed by atoms with E-state index in [-0.39, 0.29) is 18.6 Å². The van der Waals surface area contributed by atoms with Gasteiger partial charge in [0.1, 0.15) is 6.54 Å². The lowest BCUT2D eigenvalue weighted by molar-refractivity contribution is -0.135. The van der Waals surface area contributed by atoms with Gasteiger partial charge in [-0.2, -0.15) is 0 Å². The molecule has 0 aromatic rings. The van der Waals surface area contributed by atoms with Gasteiger partial charge in [0, 0.05) is 6.04 Å². The van der Waals surface area contributed by atoms with E-state index in [1.165, 1.54) is 0 Å². The number of rotatable bonds is 3. The Kier molecular flexibility index (Phi) is 3.11. The zero-order valence-corrected chi connectivity index (χ0v) is 7.54. The molecule has 5 nitrogen and oxygen atoms in total. The summed E-state index contributed by atoms with van der Waals surface area (Å²) in [6.07, 6.45) is 1.97. The second-order valence-electron chi connectivity index (χ2n) is 3.49. The van der Waals surface area contributed by atoms with Crippen molar-refractivity contribution in [1.29, 1.82) is 0 Å². The van der Waals surface area contributed by atoms with Crippen LogP contribution in [0.4, 0.5) is 4.79 Å². The molecule has 3 N–H and O–H groups in total. The van der Waals surface area contributed by atoms with Crippen molar-refractivity contribution in [1.82, 2.24) is 10.6 Å². The predicted molar refractivity (Wildman–Crippen MR) is 46.4 cm³/mol. The zero-order valence-electron chi connectivity index (χ0n) is 7.54. The smallest absolute Gasteiger partial charge is 0.323 e. The molecule has 0 atom stereocenters. The first kappa shape index (κ1) is 9.83. The van der Waals surface area contributed by atoms with E-state index in [1.54, 1.807) is 0 Å². The van der Waals surface area contributed by atoms with Crippen LogP contribution in [0.25, 0.3) is 0 Å². The number of urea groups is 1. The summed E-state index contributed by atoms with van der Waals surface area (Å²) < 4.78 is 0. The molecule has 1 fully saturated rings. The summed E-state index contributed by atoms with van der Waals surface area (Å²) in [5.41, 5.74) is 0. The van der Waals surface area contributed by atoms with Crippen LogP contribution in [0.3, 0.4) is 0 Å². The molecule has 0 aromatic carbocycles. The van der Waals surface area contributed by atoms with Crippen molar-refractivity contribution in [2.45, 2.75) is 25.8 Å². The molecule has 0 spiro atoms. The predicted octanol–water partition coefficient (Wildman–Crippen LogP) is 0.169. The van der Waals surface area contributed by atoms with Crippen molar-refractivity contribution in [2.24, 2.45) is 5.92 Å². The number of carboxylic acids is 1. The standard InChI is InChI=1S/C8H14N2O3/c1-5-2-6(3-5)10-8(13)9-4-7(11)12/h5-6H,2-4H2,1H3,(H,11,12)(H2,9,10,13). The molecular weight excluding hydrogens is 172 g/mol. The average molecular weight is 186 g/mol. The molecular formula is C8H14N2O3. The van der Waals surface area contributed by atoms with Crippen LogP contribution < -0.4 is 10.6 Å². The lowest BCUT2D eigenvalue weighted by Gasteiger charge is -2.33. The normalized spacial score (nSPS) is 25.9. The van der Waals surface area contributed by atoms with Crippen LogP contribution >= 0.6 is 0 Å². The summed E-state index contributed by atoms with van der Waals surface area (Å²) in [6, 6.07) is -0.164. The highest BCUT2D eigenvalue weighted by atomic mass is 16.4. The van der Waals surface area contributed by atoms with Crippen LogP contribution in [0.1, 0.15) is 19.8 Å². The Bertz CT molecular complexity index is 211. The van der Waals surface area contributed by atoms with Gasteiger partial charge in [0.2, 0.25) is 0 Å². The average Bonchev–Trinajstić information content (AvgIpc) is 1.98. The molecule has 1 aliphatic carbocycles. The van der Waals surface area contributed by atoms with Crippen LogP contribution in [-0.2, 0) is 4.79 Å². The Hall–Kier alpha value is -1.26. The lowest BCUT2D eigenvalue weighted by Crippen LogP contribution is -2.48. The number of carboxylic acid groups (broad SMARTS) is 1. The van der Waals surface area contributed by atoms with Gasteiger partial charge < -0.3 is 15.7 Å². The zero-order chi connectivity index (χ0) is 9.84. The van der Waals surface area contributed by atoms with E-state index in [0.717, 1.165) is 12.8 Å². The molecule has 0 radical (unpaired) electrons. The van der Waals surface area contributed by atoms with Crippen molar-refractivity contribution < 1.29 is 14.7 Å². The van der Waals surface area contributed by atoms with Gasteiger partial charge in [-0.25, -0.2) is 4.79 Å². The van der Waals surface area contributed by atoms with Gasteiger partial charge in [0.15, 0.2) is 0 Å². The molecule has 0 bridgehead atoms. The van der Waals surface area contributed by atoms with Gasteiger partial charge in [-0.3, -0.25) is 4.79 Å². The third-order valence-electron chi connectivity index (χ3n) is 2.11. The summed E-state index contributed by atoms with van der Waals surface area (Å²) >= 11 is 0. The maximum atomic E-state index is 11.0. The monoisotopic (exact) mass is 186 g/mol. The molecule has 2 amide bonds. The maximum Gasteiger partial charge on any atom is 0.323 e. The van der Waals surface area contributed by atoms with Crippen LogP contribution in [-0.4, -0.2) is 29.7 Å². The number of carbonyl (C=O) groups is 2. The molecule has 0 saturated heterocycles. The third-order valence-corrected chi connectivity index (χ3v) is 2.11. The van der Waals surface area contributed by atoms with E-state index < -0.39 is 5.97 Å². The number of amides is 2. The van der Waals surface area contributed by atoms with Crippen molar-refractivity contribution in [3.05, 3.63) is 0 Å². The molecule has 0 unspecified atom stereocenters. The van der Waals surface area contributed by atoms with Crippen LogP contribution in [0.5, 0.6) is 0 Å². The van der Waals surface area contributed by atoms with Crippen LogP contribution in [0.15, 0.2) is 0 Å². The highest BCUT2D eigenvalue weighted by Crippen LogP contribution is 2.25. The molecule has 1 saturated carbocycles. The Morgan fingerprint density at radius 2 is 2.08 bits per heavy atom. The van der Waals surface area contributed by atoms with Gasteiger partial charge in [0.25, 0.3) is 0 Å². The van der Waals surface area contributed by atoms with Gasteiger partial charge in [0.05, 0.1) is 0 Å². The van der Waals surface area contributed by atoms with E-state index in [2.05, 4.69) is 17.6 Å². The molecule has 0 aromatic heterocycles. The largest absolute Gasteiger partial charge is 0.480 e. The number of hydrogen-bond donors (Lipinski definition) is 3. The number of nitrogens with one attached hydrogen (secondary N) is 2.